The Bertz CT molecular complexity index is 955. The SMILES string of the molecule is CC1COCCN1c1nc(-c2ccc(N)cc2)nc2c1CN(C(=O)OC(C)(C)C)CC2. The number of morpholine rings is 1. The number of ether oxygens (including phenoxy) is 2. The van der Waals surface area contributed by atoms with Crippen molar-refractivity contribution in [3.63, 3.8) is 0 Å². The molecule has 1 unspecified atom stereocenters. The number of hydrogen-bond acceptors (Lipinski definition) is 7. The van der Waals surface area contributed by atoms with Gasteiger partial charge < -0.3 is 25.0 Å². The van der Waals surface area contributed by atoms with Crippen LogP contribution in [0.3, 0.4) is 0 Å². The number of anilines is 2. The molecule has 2 aliphatic rings. The Morgan fingerprint density at radius 3 is 2.61 bits per heavy atom. The molecular weight excluding hydrogens is 394 g/mol. The molecule has 166 valence electrons. The smallest absolute Gasteiger partial charge is 0.410 e. The minimum absolute atomic E-state index is 0.184. The van der Waals surface area contributed by atoms with Crippen molar-refractivity contribution in [2.45, 2.75) is 52.3 Å². The van der Waals surface area contributed by atoms with Crippen LogP contribution in [-0.2, 0) is 22.4 Å². The lowest BCUT2D eigenvalue weighted by molar-refractivity contribution is 0.0222. The summed E-state index contributed by atoms with van der Waals surface area (Å²) in [5.41, 5.74) is 8.92. The molecule has 2 aliphatic heterocycles. The molecule has 0 aliphatic carbocycles. The van der Waals surface area contributed by atoms with E-state index in [0.29, 0.717) is 44.2 Å². The number of carbonyl (C=O) groups excluding carboxylic acids is 1. The zero-order valence-electron chi connectivity index (χ0n) is 18.7. The Kier molecular flexibility index (Phi) is 5.75. The van der Waals surface area contributed by atoms with Gasteiger partial charge in [-0.2, -0.15) is 0 Å². The molecule has 3 heterocycles. The molecule has 1 amide bonds. The molecule has 1 fully saturated rings. The molecule has 1 aromatic heterocycles. The van der Waals surface area contributed by atoms with Crippen LogP contribution in [0, 0.1) is 0 Å². The maximum absolute atomic E-state index is 12.7. The summed E-state index contributed by atoms with van der Waals surface area (Å²) in [6.07, 6.45) is 0.354. The van der Waals surface area contributed by atoms with E-state index in [1.165, 1.54) is 0 Å². The lowest BCUT2D eigenvalue weighted by atomic mass is 10.0. The maximum Gasteiger partial charge on any atom is 0.410 e. The Hall–Kier alpha value is -2.87. The van der Waals surface area contributed by atoms with Crippen LogP contribution in [0.5, 0.6) is 0 Å². The van der Waals surface area contributed by atoms with Crippen LogP contribution in [0.4, 0.5) is 16.3 Å². The van der Waals surface area contributed by atoms with Gasteiger partial charge in [-0.15, -0.1) is 0 Å². The largest absolute Gasteiger partial charge is 0.444 e. The molecule has 2 N–H and O–H groups in total. The van der Waals surface area contributed by atoms with E-state index in [0.717, 1.165) is 29.2 Å². The number of nitrogen functional groups attached to an aromatic ring is 1. The summed E-state index contributed by atoms with van der Waals surface area (Å²) < 4.78 is 11.2. The van der Waals surface area contributed by atoms with Gasteiger partial charge in [0.15, 0.2) is 5.82 Å². The fourth-order valence-electron chi connectivity index (χ4n) is 3.92. The number of amides is 1. The lowest BCUT2D eigenvalue weighted by Crippen LogP contribution is -2.46. The van der Waals surface area contributed by atoms with Crippen LogP contribution >= 0.6 is 0 Å². The van der Waals surface area contributed by atoms with E-state index in [4.69, 9.17) is 25.2 Å². The first-order chi connectivity index (χ1) is 14.7. The van der Waals surface area contributed by atoms with Gasteiger partial charge in [-0.05, 0) is 52.0 Å². The van der Waals surface area contributed by atoms with E-state index < -0.39 is 5.60 Å². The number of aromatic nitrogens is 2. The molecule has 0 bridgehead atoms. The van der Waals surface area contributed by atoms with Gasteiger partial charge in [-0.3, -0.25) is 0 Å². The van der Waals surface area contributed by atoms with Gasteiger partial charge in [0.05, 0.1) is 31.5 Å². The minimum Gasteiger partial charge on any atom is -0.444 e. The number of nitrogens with two attached hydrogens (primary N) is 1. The fourth-order valence-corrected chi connectivity index (χ4v) is 3.92. The molecule has 1 atom stereocenters. The topological polar surface area (TPSA) is 93.8 Å². The Morgan fingerprint density at radius 2 is 1.94 bits per heavy atom. The van der Waals surface area contributed by atoms with E-state index in [1.54, 1.807) is 4.90 Å². The fraction of sp³-hybridized carbons (Fsp3) is 0.522. The molecule has 1 aromatic carbocycles. The summed E-state index contributed by atoms with van der Waals surface area (Å²) in [7, 11) is 0. The zero-order chi connectivity index (χ0) is 22.2. The molecule has 1 saturated heterocycles. The van der Waals surface area contributed by atoms with Gasteiger partial charge in [-0.25, -0.2) is 14.8 Å². The minimum atomic E-state index is -0.533. The molecule has 8 nitrogen and oxygen atoms in total. The third-order valence-electron chi connectivity index (χ3n) is 5.50. The standard InChI is InChI=1S/C23H31N5O3/c1-15-14-30-12-11-28(15)21-18-13-27(22(29)31-23(2,3)4)10-9-19(18)25-20(26-21)16-5-7-17(24)8-6-16/h5-8,15H,9-14,24H2,1-4H3. The highest BCUT2D eigenvalue weighted by atomic mass is 16.6. The van der Waals surface area contributed by atoms with Gasteiger partial charge in [-0.1, -0.05) is 0 Å². The van der Waals surface area contributed by atoms with Gasteiger partial charge in [0.1, 0.15) is 11.4 Å². The van der Waals surface area contributed by atoms with Crippen LogP contribution in [0.15, 0.2) is 24.3 Å². The molecule has 0 radical (unpaired) electrons. The first-order valence-corrected chi connectivity index (χ1v) is 10.8. The van der Waals surface area contributed by atoms with Crippen molar-refractivity contribution in [3.05, 3.63) is 35.5 Å². The molecular formula is C23H31N5O3. The summed E-state index contributed by atoms with van der Waals surface area (Å²) in [5.74, 6) is 1.55. The van der Waals surface area contributed by atoms with Crippen molar-refractivity contribution in [2.75, 3.05) is 36.9 Å². The number of rotatable bonds is 2. The maximum atomic E-state index is 12.7. The summed E-state index contributed by atoms with van der Waals surface area (Å²) >= 11 is 0. The quantitative estimate of drug-likeness (QED) is 0.738. The average Bonchev–Trinajstić information content (AvgIpc) is 2.72. The monoisotopic (exact) mass is 425 g/mol. The van der Waals surface area contributed by atoms with E-state index in [1.807, 2.05) is 45.0 Å². The number of fused-ring (bicyclic) bond motifs is 1. The second-order valence-corrected chi connectivity index (χ2v) is 9.19. The normalized spacial score (nSPS) is 19.2. The van der Waals surface area contributed by atoms with Crippen molar-refractivity contribution in [1.82, 2.24) is 14.9 Å². The van der Waals surface area contributed by atoms with Crippen LogP contribution in [-0.4, -0.2) is 58.9 Å². The summed E-state index contributed by atoms with van der Waals surface area (Å²) in [5, 5.41) is 0. The number of benzene rings is 1. The van der Waals surface area contributed by atoms with Gasteiger partial charge in [0, 0.05) is 36.3 Å². The van der Waals surface area contributed by atoms with Crippen molar-refractivity contribution in [1.29, 1.82) is 0 Å². The second kappa shape index (κ2) is 8.34. The van der Waals surface area contributed by atoms with E-state index >= 15 is 0 Å². The van der Waals surface area contributed by atoms with Crippen molar-refractivity contribution in [2.24, 2.45) is 0 Å². The van der Waals surface area contributed by atoms with Crippen molar-refractivity contribution < 1.29 is 14.3 Å². The van der Waals surface area contributed by atoms with Crippen LogP contribution in [0.2, 0.25) is 0 Å². The van der Waals surface area contributed by atoms with Crippen molar-refractivity contribution >= 4 is 17.6 Å². The van der Waals surface area contributed by atoms with Crippen LogP contribution in [0.25, 0.3) is 11.4 Å². The predicted octanol–water partition coefficient (Wildman–Crippen LogP) is 3.24. The summed E-state index contributed by atoms with van der Waals surface area (Å²) in [4.78, 5) is 26.6. The molecule has 0 saturated carbocycles. The van der Waals surface area contributed by atoms with Crippen LogP contribution < -0.4 is 10.6 Å². The van der Waals surface area contributed by atoms with Gasteiger partial charge in [0.25, 0.3) is 0 Å². The zero-order valence-corrected chi connectivity index (χ0v) is 18.7. The second-order valence-electron chi connectivity index (χ2n) is 9.19. The highest BCUT2D eigenvalue weighted by Crippen LogP contribution is 2.32. The molecule has 8 heteroatoms. The number of hydrogen-bond donors (Lipinski definition) is 1. The molecule has 4 rings (SSSR count). The van der Waals surface area contributed by atoms with Crippen LogP contribution in [0.1, 0.15) is 39.0 Å². The third kappa shape index (κ3) is 4.74. The summed E-state index contributed by atoms with van der Waals surface area (Å²) in [6.45, 7) is 10.8. The predicted molar refractivity (Wildman–Crippen MR) is 120 cm³/mol. The van der Waals surface area contributed by atoms with Gasteiger partial charge >= 0.3 is 6.09 Å². The Morgan fingerprint density at radius 1 is 1.19 bits per heavy atom. The van der Waals surface area contributed by atoms with E-state index in [9.17, 15) is 4.79 Å². The van der Waals surface area contributed by atoms with Crippen molar-refractivity contribution in [3.8, 4) is 11.4 Å². The molecule has 0 spiro atoms. The first-order valence-electron chi connectivity index (χ1n) is 10.8. The third-order valence-corrected chi connectivity index (χ3v) is 5.50. The van der Waals surface area contributed by atoms with Gasteiger partial charge in [0.2, 0.25) is 0 Å². The van der Waals surface area contributed by atoms with E-state index in [2.05, 4.69) is 11.8 Å². The summed E-state index contributed by atoms with van der Waals surface area (Å²) in [6, 6.07) is 7.79. The Balaban J connectivity index is 1.73. The average molecular weight is 426 g/mol. The lowest BCUT2D eigenvalue weighted by Gasteiger charge is -2.38. The Labute approximate surface area is 183 Å². The van der Waals surface area contributed by atoms with E-state index in [-0.39, 0.29) is 12.1 Å². The number of nitrogens with zero attached hydrogens (tertiary/aromatic N) is 4. The first kappa shape index (κ1) is 21.4. The highest BCUT2D eigenvalue weighted by molar-refractivity contribution is 5.70. The highest BCUT2D eigenvalue weighted by Gasteiger charge is 2.32. The molecule has 2 aromatic rings. The molecule has 31 heavy (non-hydrogen) atoms. The number of carbonyl (C=O) groups is 1.